The molecule has 0 fully saturated rings. The van der Waals surface area contributed by atoms with Crippen LogP contribution in [-0.4, -0.2) is 10.1 Å². The van der Waals surface area contributed by atoms with Crippen molar-refractivity contribution < 1.29 is 14.2 Å². The minimum Gasteiger partial charge on any atom is -0.483 e. The standard InChI is InChI=1S/C16H14FNO2S/c1-10(19)11-6-7-14(12(17)8-11)20-9-16-18-13-4-2-3-5-15(13)21-16/h2-8,10,19H,9H2,1H3/t10-/m0/s1. The lowest BCUT2D eigenvalue weighted by molar-refractivity contribution is 0.198. The van der Waals surface area contributed by atoms with Crippen molar-refractivity contribution in [1.29, 1.82) is 0 Å². The number of aliphatic hydroxyl groups is 1. The van der Waals surface area contributed by atoms with Crippen molar-refractivity contribution >= 4 is 21.6 Å². The van der Waals surface area contributed by atoms with Crippen LogP contribution in [-0.2, 0) is 6.61 Å². The van der Waals surface area contributed by atoms with Crippen LogP contribution in [0.15, 0.2) is 42.5 Å². The van der Waals surface area contributed by atoms with E-state index >= 15 is 0 Å². The first-order valence-electron chi connectivity index (χ1n) is 6.58. The van der Waals surface area contributed by atoms with Crippen molar-refractivity contribution in [1.82, 2.24) is 4.98 Å². The highest BCUT2D eigenvalue weighted by atomic mass is 32.1. The van der Waals surface area contributed by atoms with Crippen molar-refractivity contribution in [3.05, 3.63) is 58.9 Å². The summed E-state index contributed by atoms with van der Waals surface area (Å²) in [6.45, 7) is 1.82. The van der Waals surface area contributed by atoms with E-state index in [1.54, 1.807) is 13.0 Å². The number of ether oxygens (including phenoxy) is 1. The maximum absolute atomic E-state index is 13.9. The Labute approximate surface area is 125 Å². The third-order valence-corrected chi connectivity index (χ3v) is 4.14. The number of benzene rings is 2. The van der Waals surface area contributed by atoms with Gasteiger partial charge in [-0.25, -0.2) is 9.37 Å². The molecule has 3 rings (SSSR count). The van der Waals surface area contributed by atoms with Crippen molar-refractivity contribution in [2.45, 2.75) is 19.6 Å². The van der Waals surface area contributed by atoms with E-state index in [1.807, 2.05) is 24.3 Å². The van der Waals surface area contributed by atoms with Gasteiger partial charge < -0.3 is 9.84 Å². The zero-order valence-electron chi connectivity index (χ0n) is 11.4. The molecule has 3 aromatic rings. The largest absolute Gasteiger partial charge is 0.483 e. The molecule has 1 aromatic heterocycles. The van der Waals surface area contributed by atoms with Gasteiger partial charge in [-0.1, -0.05) is 18.2 Å². The fraction of sp³-hybridized carbons (Fsp3) is 0.188. The van der Waals surface area contributed by atoms with Gasteiger partial charge in [-0.2, -0.15) is 0 Å². The van der Waals surface area contributed by atoms with Crippen LogP contribution in [0.4, 0.5) is 4.39 Å². The number of fused-ring (bicyclic) bond motifs is 1. The van der Waals surface area contributed by atoms with Crippen LogP contribution in [0.2, 0.25) is 0 Å². The average molecular weight is 303 g/mol. The molecule has 5 heteroatoms. The number of rotatable bonds is 4. The quantitative estimate of drug-likeness (QED) is 0.790. The Hall–Kier alpha value is -1.98. The molecule has 0 aliphatic rings. The highest BCUT2D eigenvalue weighted by Gasteiger charge is 2.09. The van der Waals surface area contributed by atoms with E-state index in [0.717, 1.165) is 15.2 Å². The number of thiazole rings is 1. The number of aromatic nitrogens is 1. The molecule has 3 nitrogen and oxygen atoms in total. The van der Waals surface area contributed by atoms with Crippen molar-refractivity contribution in [3.63, 3.8) is 0 Å². The lowest BCUT2D eigenvalue weighted by Gasteiger charge is -2.08. The van der Waals surface area contributed by atoms with Gasteiger partial charge >= 0.3 is 0 Å². The van der Waals surface area contributed by atoms with Gasteiger partial charge in [-0.3, -0.25) is 0 Å². The van der Waals surface area contributed by atoms with Gasteiger partial charge in [0.05, 0.1) is 16.3 Å². The van der Waals surface area contributed by atoms with Crippen LogP contribution in [0, 0.1) is 5.82 Å². The second-order valence-corrected chi connectivity index (χ2v) is 5.85. The molecule has 2 aromatic carbocycles. The summed E-state index contributed by atoms with van der Waals surface area (Å²) < 4.78 is 20.4. The number of halogens is 1. The number of nitrogens with zero attached hydrogens (tertiary/aromatic N) is 1. The normalized spacial score (nSPS) is 12.5. The highest BCUT2D eigenvalue weighted by molar-refractivity contribution is 7.18. The molecule has 0 aliphatic heterocycles. The summed E-state index contributed by atoms with van der Waals surface area (Å²) in [5, 5.41) is 10.2. The monoisotopic (exact) mass is 303 g/mol. The second-order valence-electron chi connectivity index (χ2n) is 4.73. The Morgan fingerprint density at radius 2 is 2.10 bits per heavy atom. The van der Waals surface area contributed by atoms with Crippen LogP contribution in [0.3, 0.4) is 0 Å². The van der Waals surface area contributed by atoms with Gasteiger partial charge in [0, 0.05) is 0 Å². The van der Waals surface area contributed by atoms with Crippen molar-refractivity contribution in [2.75, 3.05) is 0 Å². The summed E-state index contributed by atoms with van der Waals surface area (Å²) in [4.78, 5) is 4.43. The van der Waals surface area contributed by atoms with Crippen LogP contribution < -0.4 is 4.74 Å². The van der Waals surface area contributed by atoms with Gasteiger partial charge in [-0.05, 0) is 36.8 Å². The lowest BCUT2D eigenvalue weighted by Crippen LogP contribution is -1.99. The van der Waals surface area contributed by atoms with Gasteiger partial charge in [0.15, 0.2) is 11.6 Å². The minimum atomic E-state index is -0.696. The number of hydrogen-bond acceptors (Lipinski definition) is 4. The predicted molar refractivity (Wildman–Crippen MR) is 81.0 cm³/mol. The molecular weight excluding hydrogens is 289 g/mol. The SMILES string of the molecule is C[C@H](O)c1ccc(OCc2nc3ccccc3s2)c(F)c1. The molecule has 0 saturated heterocycles. The Bertz CT molecular complexity index is 737. The highest BCUT2D eigenvalue weighted by Crippen LogP contribution is 2.25. The second kappa shape index (κ2) is 5.79. The number of hydrogen-bond donors (Lipinski definition) is 1. The van der Waals surface area contributed by atoms with Crippen LogP contribution >= 0.6 is 11.3 Å². The molecule has 1 heterocycles. The fourth-order valence-corrected chi connectivity index (χ4v) is 2.90. The van der Waals surface area contributed by atoms with Gasteiger partial charge in [0.2, 0.25) is 0 Å². The third-order valence-electron chi connectivity index (χ3n) is 3.13. The molecule has 0 unspecified atom stereocenters. The first-order chi connectivity index (χ1) is 10.1. The van der Waals surface area contributed by atoms with Crippen molar-refractivity contribution in [2.24, 2.45) is 0 Å². The minimum absolute atomic E-state index is 0.165. The van der Waals surface area contributed by atoms with Crippen LogP contribution in [0.25, 0.3) is 10.2 Å². The summed E-state index contributed by atoms with van der Waals surface area (Å²) in [5.41, 5.74) is 1.45. The maximum atomic E-state index is 13.9. The molecule has 0 bridgehead atoms. The lowest BCUT2D eigenvalue weighted by atomic mass is 10.1. The summed E-state index contributed by atoms with van der Waals surface area (Å²) in [7, 11) is 0. The molecule has 1 N–H and O–H groups in total. The Kier molecular flexibility index (Phi) is 3.86. The molecule has 0 spiro atoms. The summed E-state index contributed by atoms with van der Waals surface area (Å²) in [6.07, 6.45) is -0.696. The van der Waals surface area contributed by atoms with Crippen LogP contribution in [0.1, 0.15) is 23.6 Å². The molecule has 108 valence electrons. The van der Waals surface area contributed by atoms with E-state index in [4.69, 9.17) is 4.74 Å². The molecule has 0 amide bonds. The summed E-state index contributed by atoms with van der Waals surface area (Å²) in [6, 6.07) is 12.3. The fourth-order valence-electron chi connectivity index (χ4n) is 2.02. The van der Waals surface area contributed by atoms with E-state index in [1.165, 1.54) is 23.5 Å². The van der Waals surface area contributed by atoms with Crippen molar-refractivity contribution in [3.8, 4) is 5.75 Å². The zero-order valence-corrected chi connectivity index (χ0v) is 12.2. The molecule has 21 heavy (non-hydrogen) atoms. The van der Waals surface area contributed by atoms with E-state index in [-0.39, 0.29) is 12.4 Å². The Balaban J connectivity index is 1.75. The maximum Gasteiger partial charge on any atom is 0.165 e. The van der Waals surface area contributed by atoms with Gasteiger partial charge in [0.25, 0.3) is 0 Å². The smallest absolute Gasteiger partial charge is 0.165 e. The van der Waals surface area contributed by atoms with Crippen LogP contribution in [0.5, 0.6) is 5.75 Å². The van der Waals surface area contributed by atoms with Gasteiger partial charge in [0.1, 0.15) is 11.6 Å². The Morgan fingerprint density at radius 3 is 2.81 bits per heavy atom. The Morgan fingerprint density at radius 1 is 1.29 bits per heavy atom. The molecule has 0 saturated carbocycles. The topological polar surface area (TPSA) is 42.4 Å². The third kappa shape index (κ3) is 3.04. The predicted octanol–water partition coefficient (Wildman–Crippen LogP) is 4.07. The van der Waals surface area contributed by atoms with E-state index in [2.05, 4.69) is 4.98 Å². The first-order valence-corrected chi connectivity index (χ1v) is 7.40. The molecule has 0 aliphatic carbocycles. The number of para-hydroxylation sites is 1. The van der Waals surface area contributed by atoms with E-state index in [0.29, 0.717) is 5.56 Å². The molecular formula is C16H14FNO2S. The molecule has 0 radical (unpaired) electrons. The van der Waals surface area contributed by atoms with Gasteiger partial charge in [-0.15, -0.1) is 11.3 Å². The summed E-state index contributed by atoms with van der Waals surface area (Å²) in [5.74, 6) is -0.312. The van der Waals surface area contributed by atoms with E-state index < -0.39 is 11.9 Å². The van der Waals surface area contributed by atoms with E-state index in [9.17, 15) is 9.50 Å². The summed E-state index contributed by atoms with van der Waals surface area (Å²) >= 11 is 1.53. The molecule has 1 atom stereocenters. The first kappa shape index (κ1) is 14.0. The zero-order chi connectivity index (χ0) is 14.8. The average Bonchev–Trinajstić information content (AvgIpc) is 2.88. The number of aliphatic hydroxyl groups excluding tert-OH is 1.